The molecule has 0 spiro atoms. The smallest absolute Gasteiger partial charge is 0.119 e. The summed E-state index contributed by atoms with van der Waals surface area (Å²) in [5.41, 5.74) is 2.27. The lowest BCUT2D eigenvalue weighted by molar-refractivity contribution is 0.468. The van der Waals surface area contributed by atoms with E-state index in [-0.39, 0.29) is 0 Å². The fraction of sp³-hybridized carbons (Fsp3) is 0.455. The van der Waals surface area contributed by atoms with Gasteiger partial charge in [0.05, 0.1) is 0 Å². The first-order valence-electron chi connectivity index (χ1n) is 4.58. The number of phenolic OH excluding ortho intramolecular Hbond substituents is 1. The second kappa shape index (κ2) is 4.15. The fourth-order valence-corrected chi connectivity index (χ4v) is 1.35. The van der Waals surface area contributed by atoms with Crippen molar-refractivity contribution in [1.82, 2.24) is 0 Å². The van der Waals surface area contributed by atoms with Gasteiger partial charge in [0.15, 0.2) is 0 Å². The van der Waals surface area contributed by atoms with Gasteiger partial charge in [-0.2, -0.15) is 0 Å². The minimum atomic E-state index is 0.448. The van der Waals surface area contributed by atoms with Crippen LogP contribution in [-0.2, 0) is 12.8 Å². The Balaban J connectivity index is 2.86. The van der Waals surface area contributed by atoms with E-state index in [1.807, 2.05) is 12.1 Å². The van der Waals surface area contributed by atoms with Crippen LogP contribution in [-0.4, -0.2) is 5.11 Å². The van der Waals surface area contributed by atoms with Crippen molar-refractivity contribution in [1.29, 1.82) is 0 Å². The van der Waals surface area contributed by atoms with Crippen LogP contribution >= 0.6 is 0 Å². The van der Waals surface area contributed by atoms with Crippen LogP contribution in [0.5, 0.6) is 5.75 Å². The molecule has 0 amide bonds. The van der Waals surface area contributed by atoms with E-state index in [0.717, 1.165) is 24.8 Å². The molecule has 0 radical (unpaired) electrons. The molecule has 1 N–H and O–H groups in total. The summed E-state index contributed by atoms with van der Waals surface area (Å²) in [5, 5.41) is 9.52. The van der Waals surface area contributed by atoms with Crippen LogP contribution in [0.25, 0.3) is 0 Å². The Hall–Kier alpha value is -0.980. The Morgan fingerprint density at radius 1 is 1.25 bits per heavy atom. The summed E-state index contributed by atoms with van der Waals surface area (Å²) >= 11 is 0. The van der Waals surface area contributed by atoms with Crippen molar-refractivity contribution in [2.75, 3.05) is 0 Å². The van der Waals surface area contributed by atoms with Crippen LogP contribution in [0.15, 0.2) is 18.2 Å². The molecule has 0 saturated heterocycles. The molecular formula is C11H16O. The first-order chi connectivity index (χ1) is 5.77. The monoisotopic (exact) mass is 164 g/mol. The molecule has 0 atom stereocenters. The van der Waals surface area contributed by atoms with E-state index in [0.29, 0.717) is 5.75 Å². The van der Waals surface area contributed by atoms with Crippen LogP contribution in [0.3, 0.4) is 0 Å². The predicted molar refractivity (Wildman–Crippen MR) is 51.5 cm³/mol. The number of hydrogen-bond donors (Lipinski definition) is 1. The molecule has 1 aromatic rings. The van der Waals surface area contributed by atoms with Crippen molar-refractivity contribution in [3.63, 3.8) is 0 Å². The second-order valence-corrected chi connectivity index (χ2v) is 3.07. The zero-order valence-corrected chi connectivity index (χ0v) is 7.80. The number of hydrogen-bond acceptors (Lipinski definition) is 1. The fourth-order valence-electron chi connectivity index (χ4n) is 1.35. The van der Waals surface area contributed by atoms with Gasteiger partial charge in [0.2, 0.25) is 0 Å². The Labute approximate surface area is 74.1 Å². The number of phenols is 1. The molecule has 0 heterocycles. The molecule has 0 fully saturated rings. The van der Waals surface area contributed by atoms with Gasteiger partial charge in [-0.25, -0.2) is 0 Å². The largest absolute Gasteiger partial charge is 0.508 e. The quantitative estimate of drug-likeness (QED) is 0.728. The normalized spacial score (nSPS) is 10.2. The summed E-state index contributed by atoms with van der Waals surface area (Å²) in [6, 6.07) is 5.99. The first kappa shape index (κ1) is 9.11. The zero-order valence-electron chi connectivity index (χ0n) is 7.80. The van der Waals surface area contributed by atoms with E-state index in [9.17, 15) is 5.11 Å². The molecule has 0 aliphatic rings. The number of rotatable bonds is 3. The van der Waals surface area contributed by atoms with Crippen molar-refractivity contribution < 1.29 is 5.11 Å². The molecule has 1 aromatic carbocycles. The zero-order chi connectivity index (χ0) is 8.97. The highest BCUT2D eigenvalue weighted by Crippen LogP contribution is 2.19. The van der Waals surface area contributed by atoms with E-state index in [2.05, 4.69) is 19.9 Å². The van der Waals surface area contributed by atoms with Gasteiger partial charge in [0, 0.05) is 0 Å². The van der Waals surface area contributed by atoms with Crippen LogP contribution in [0.1, 0.15) is 31.4 Å². The highest BCUT2D eigenvalue weighted by molar-refractivity contribution is 5.36. The topological polar surface area (TPSA) is 20.2 Å². The summed E-state index contributed by atoms with van der Waals surface area (Å²) in [5.74, 6) is 0.448. The highest BCUT2D eigenvalue weighted by atomic mass is 16.3. The Morgan fingerprint density at radius 2 is 2.00 bits per heavy atom. The maximum atomic E-state index is 9.52. The van der Waals surface area contributed by atoms with Crippen LogP contribution in [0, 0.1) is 0 Å². The molecule has 0 unspecified atom stereocenters. The molecule has 0 aromatic heterocycles. The molecule has 66 valence electrons. The highest BCUT2D eigenvalue weighted by Gasteiger charge is 1.99. The lowest BCUT2D eigenvalue weighted by Crippen LogP contribution is -1.86. The van der Waals surface area contributed by atoms with E-state index in [4.69, 9.17) is 0 Å². The van der Waals surface area contributed by atoms with E-state index in [1.54, 1.807) is 0 Å². The summed E-state index contributed by atoms with van der Waals surface area (Å²) < 4.78 is 0. The van der Waals surface area contributed by atoms with Crippen LogP contribution < -0.4 is 0 Å². The number of benzene rings is 1. The lowest BCUT2D eigenvalue weighted by atomic mass is 10.1. The van der Waals surface area contributed by atoms with Crippen molar-refractivity contribution in [2.45, 2.75) is 33.1 Å². The minimum Gasteiger partial charge on any atom is -0.508 e. The molecule has 0 aliphatic heterocycles. The van der Waals surface area contributed by atoms with Crippen LogP contribution in [0.4, 0.5) is 0 Å². The van der Waals surface area contributed by atoms with Gasteiger partial charge >= 0.3 is 0 Å². The van der Waals surface area contributed by atoms with Gasteiger partial charge in [0.1, 0.15) is 5.75 Å². The molecular weight excluding hydrogens is 148 g/mol. The Bertz CT molecular complexity index is 253. The predicted octanol–water partition coefficient (Wildman–Crippen LogP) is 2.91. The summed E-state index contributed by atoms with van der Waals surface area (Å²) in [7, 11) is 0. The van der Waals surface area contributed by atoms with Gasteiger partial charge in [-0.05, 0) is 30.0 Å². The third-order valence-electron chi connectivity index (χ3n) is 2.07. The number of aryl methyl sites for hydroxylation is 2. The maximum Gasteiger partial charge on any atom is 0.119 e. The molecule has 1 heteroatoms. The van der Waals surface area contributed by atoms with Gasteiger partial charge in [-0.3, -0.25) is 0 Å². The summed E-state index contributed by atoms with van der Waals surface area (Å²) in [4.78, 5) is 0. The van der Waals surface area contributed by atoms with Crippen LogP contribution in [0.2, 0.25) is 0 Å². The molecule has 1 nitrogen and oxygen atoms in total. The van der Waals surface area contributed by atoms with E-state index in [1.165, 1.54) is 5.56 Å². The molecule has 0 aliphatic carbocycles. The molecule has 1 rings (SSSR count). The minimum absolute atomic E-state index is 0.448. The van der Waals surface area contributed by atoms with Gasteiger partial charge in [-0.1, -0.05) is 32.4 Å². The van der Waals surface area contributed by atoms with E-state index < -0.39 is 0 Å². The average molecular weight is 164 g/mol. The lowest BCUT2D eigenvalue weighted by Gasteiger charge is -2.03. The van der Waals surface area contributed by atoms with Crippen molar-refractivity contribution in [3.8, 4) is 5.75 Å². The third kappa shape index (κ3) is 2.00. The van der Waals surface area contributed by atoms with E-state index >= 15 is 0 Å². The van der Waals surface area contributed by atoms with Crippen molar-refractivity contribution in [2.24, 2.45) is 0 Å². The van der Waals surface area contributed by atoms with Gasteiger partial charge in [0.25, 0.3) is 0 Å². The number of aromatic hydroxyl groups is 1. The van der Waals surface area contributed by atoms with Gasteiger partial charge in [-0.15, -0.1) is 0 Å². The van der Waals surface area contributed by atoms with Gasteiger partial charge < -0.3 is 5.11 Å². The SMILES string of the molecule is CCCc1ccc(CC)c(O)c1. The summed E-state index contributed by atoms with van der Waals surface area (Å²) in [6.07, 6.45) is 3.08. The Morgan fingerprint density at radius 3 is 2.50 bits per heavy atom. The molecule has 0 saturated carbocycles. The first-order valence-corrected chi connectivity index (χ1v) is 4.58. The average Bonchev–Trinajstić information content (AvgIpc) is 2.05. The Kier molecular flexibility index (Phi) is 3.15. The molecule has 0 bridgehead atoms. The molecule has 12 heavy (non-hydrogen) atoms. The maximum absolute atomic E-state index is 9.52. The summed E-state index contributed by atoms with van der Waals surface area (Å²) in [6.45, 7) is 4.19. The third-order valence-corrected chi connectivity index (χ3v) is 2.07. The second-order valence-electron chi connectivity index (χ2n) is 3.07. The van der Waals surface area contributed by atoms with Crippen molar-refractivity contribution in [3.05, 3.63) is 29.3 Å². The van der Waals surface area contributed by atoms with Crippen molar-refractivity contribution >= 4 is 0 Å². The standard InChI is InChI=1S/C11H16O/c1-3-5-9-6-7-10(4-2)11(12)8-9/h6-8,12H,3-5H2,1-2H3.